The zero-order valence-electron chi connectivity index (χ0n) is 15.1. The van der Waals surface area contributed by atoms with Gasteiger partial charge in [-0.15, -0.1) is 0 Å². The molecule has 1 saturated carbocycles. The molecule has 2 aromatic carbocycles. The van der Waals surface area contributed by atoms with E-state index >= 15 is 0 Å². The third kappa shape index (κ3) is 4.07. The number of alkyl halides is 3. The van der Waals surface area contributed by atoms with Crippen molar-refractivity contribution in [2.75, 3.05) is 0 Å². The number of ether oxygens (including phenoxy) is 1. The third-order valence-electron chi connectivity index (χ3n) is 4.83. The van der Waals surface area contributed by atoms with Gasteiger partial charge in [-0.2, -0.15) is 13.2 Å². The predicted molar refractivity (Wildman–Crippen MR) is 98.5 cm³/mol. The van der Waals surface area contributed by atoms with Gasteiger partial charge >= 0.3 is 6.18 Å². The summed E-state index contributed by atoms with van der Waals surface area (Å²) in [6.45, 7) is 0.191. The molecule has 3 nitrogen and oxygen atoms in total. The summed E-state index contributed by atoms with van der Waals surface area (Å²) in [7, 11) is 0. The van der Waals surface area contributed by atoms with E-state index in [1.807, 2.05) is 30.3 Å². The molecule has 0 amide bonds. The summed E-state index contributed by atoms with van der Waals surface area (Å²) in [6.07, 6.45) is -0.368. The maximum absolute atomic E-state index is 13.7. The number of nitrogens with zero attached hydrogens (tertiary/aromatic N) is 2. The van der Waals surface area contributed by atoms with Crippen molar-refractivity contribution in [3.05, 3.63) is 95.1 Å². The van der Waals surface area contributed by atoms with E-state index in [2.05, 4.69) is 9.97 Å². The smallest absolute Gasteiger partial charge is 0.364 e. The van der Waals surface area contributed by atoms with E-state index in [9.17, 15) is 13.2 Å². The van der Waals surface area contributed by atoms with E-state index in [1.54, 1.807) is 12.3 Å². The van der Waals surface area contributed by atoms with Gasteiger partial charge in [0.15, 0.2) is 0 Å². The number of halogens is 3. The average molecular weight is 384 g/mol. The van der Waals surface area contributed by atoms with Crippen LogP contribution in [-0.4, -0.2) is 9.97 Å². The Morgan fingerprint density at radius 1 is 0.964 bits per heavy atom. The molecule has 4 rings (SSSR count). The highest BCUT2D eigenvalue weighted by Crippen LogP contribution is 2.45. The van der Waals surface area contributed by atoms with E-state index in [1.165, 1.54) is 18.5 Å². The number of rotatable bonds is 6. The predicted octanol–water partition coefficient (Wildman–Crippen LogP) is 5.68. The molecule has 144 valence electrons. The Balaban J connectivity index is 1.77. The van der Waals surface area contributed by atoms with Gasteiger partial charge in [-0.3, -0.25) is 0 Å². The Bertz CT molecular complexity index is 940. The standard InChI is InChI=1S/C22H19F3N2O/c23-22(24,25)19-9-5-4-8-17(19)21(28-13-15-6-2-1-3-7-15)18-12-26-14-27-20(18)16-10-11-16/h1-9,12,14,16,21H,10-11,13H2. The van der Waals surface area contributed by atoms with Crippen LogP contribution in [0.4, 0.5) is 13.2 Å². The molecule has 1 aliphatic rings. The molecule has 28 heavy (non-hydrogen) atoms. The Kier molecular flexibility index (Phi) is 5.13. The van der Waals surface area contributed by atoms with Crippen molar-refractivity contribution in [3.8, 4) is 0 Å². The maximum Gasteiger partial charge on any atom is 0.416 e. The van der Waals surface area contributed by atoms with Crippen molar-refractivity contribution in [3.63, 3.8) is 0 Å². The van der Waals surface area contributed by atoms with Gasteiger partial charge in [0.1, 0.15) is 12.4 Å². The first kappa shape index (κ1) is 18.6. The van der Waals surface area contributed by atoms with E-state index in [0.29, 0.717) is 5.56 Å². The summed E-state index contributed by atoms with van der Waals surface area (Å²) in [5.74, 6) is 0.263. The number of hydrogen-bond donors (Lipinski definition) is 0. The van der Waals surface area contributed by atoms with Crippen molar-refractivity contribution in [2.24, 2.45) is 0 Å². The van der Waals surface area contributed by atoms with Gasteiger partial charge in [0.05, 0.1) is 17.9 Å². The molecule has 0 saturated heterocycles. The van der Waals surface area contributed by atoms with E-state index < -0.39 is 17.8 Å². The number of aromatic nitrogens is 2. The minimum Gasteiger partial charge on any atom is -0.364 e. The Hall–Kier alpha value is -2.73. The summed E-state index contributed by atoms with van der Waals surface area (Å²) < 4.78 is 47.1. The molecular formula is C22H19F3N2O. The van der Waals surface area contributed by atoms with Gasteiger partial charge in [-0.05, 0) is 30.0 Å². The third-order valence-corrected chi connectivity index (χ3v) is 4.83. The van der Waals surface area contributed by atoms with Crippen molar-refractivity contribution >= 4 is 0 Å². The summed E-state index contributed by atoms with van der Waals surface area (Å²) in [5, 5.41) is 0. The van der Waals surface area contributed by atoms with Crippen LogP contribution < -0.4 is 0 Å². The van der Waals surface area contributed by atoms with Crippen LogP contribution in [0.1, 0.15) is 52.8 Å². The molecule has 0 N–H and O–H groups in total. The molecule has 1 aliphatic carbocycles. The molecule has 1 unspecified atom stereocenters. The van der Waals surface area contributed by atoms with Crippen LogP contribution in [0.15, 0.2) is 67.1 Å². The van der Waals surface area contributed by atoms with Crippen molar-refractivity contribution in [1.29, 1.82) is 0 Å². The molecule has 0 radical (unpaired) electrons. The van der Waals surface area contributed by atoms with E-state index in [-0.39, 0.29) is 18.1 Å². The first-order valence-corrected chi connectivity index (χ1v) is 9.15. The van der Waals surface area contributed by atoms with E-state index in [4.69, 9.17) is 4.74 Å². The normalized spacial score (nSPS) is 15.4. The first-order chi connectivity index (χ1) is 13.5. The lowest BCUT2D eigenvalue weighted by Crippen LogP contribution is -2.17. The minimum atomic E-state index is -4.47. The SMILES string of the molecule is FC(F)(F)c1ccccc1C(OCc1ccccc1)c1cncnc1C1CC1. The molecule has 1 heterocycles. The van der Waals surface area contributed by atoms with Crippen LogP contribution >= 0.6 is 0 Å². The molecule has 1 atom stereocenters. The minimum absolute atomic E-state index is 0.0858. The molecule has 6 heteroatoms. The molecule has 3 aromatic rings. The topological polar surface area (TPSA) is 35.0 Å². The van der Waals surface area contributed by atoms with Gasteiger partial charge in [0.2, 0.25) is 0 Å². The molecule has 1 fully saturated rings. The molecule has 0 aliphatic heterocycles. The summed E-state index contributed by atoms with van der Waals surface area (Å²) in [6, 6.07) is 15.0. The number of benzene rings is 2. The van der Waals surface area contributed by atoms with Crippen LogP contribution in [0.3, 0.4) is 0 Å². The second-order valence-corrected chi connectivity index (χ2v) is 6.90. The largest absolute Gasteiger partial charge is 0.416 e. The van der Waals surface area contributed by atoms with Crippen LogP contribution in [0.25, 0.3) is 0 Å². The summed E-state index contributed by atoms with van der Waals surface area (Å²) in [5.41, 5.74) is 1.67. The van der Waals surface area contributed by atoms with Crippen molar-refractivity contribution < 1.29 is 17.9 Å². The van der Waals surface area contributed by atoms with Crippen LogP contribution in [-0.2, 0) is 17.5 Å². The van der Waals surface area contributed by atoms with Gasteiger partial charge in [0, 0.05) is 17.7 Å². The average Bonchev–Trinajstić information content (AvgIpc) is 3.54. The molecule has 0 bridgehead atoms. The van der Waals surface area contributed by atoms with Gasteiger partial charge in [-0.1, -0.05) is 48.5 Å². The highest BCUT2D eigenvalue weighted by atomic mass is 19.4. The fourth-order valence-corrected chi connectivity index (χ4v) is 3.33. The van der Waals surface area contributed by atoms with Crippen LogP contribution in [0, 0.1) is 0 Å². The quantitative estimate of drug-likeness (QED) is 0.548. The maximum atomic E-state index is 13.7. The summed E-state index contributed by atoms with van der Waals surface area (Å²) >= 11 is 0. The second kappa shape index (κ2) is 7.72. The zero-order chi connectivity index (χ0) is 19.6. The fourth-order valence-electron chi connectivity index (χ4n) is 3.33. The van der Waals surface area contributed by atoms with Crippen molar-refractivity contribution in [1.82, 2.24) is 9.97 Å². The second-order valence-electron chi connectivity index (χ2n) is 6.90. The van der Waals surface area contributed by atoms with Gasteiger partial charge in [-0.25, -0.2) is 9.97 Å². The van der Waals surface area contributed by atoms with Gasteiger partial charge in [0.25, 0.3) is 0 Å². The highest BCUT2D eigenvalue weighted by Gasteiger charge is 2.38. The Labute approximate surface area is 161 Å². The lowest BCUT2D eigenvalue weighted by molar-refractivity contribution is -0.139. The zero-order valence-corrected chi connectivity index (χ0v) is 15.1. The lowest BCUT2D eigenvalue weighted by Gasteiger charge is -2.24. The van der Waals surface area contributed by atoms with Gasteiger partial charge < -0.3 is 4.74 Å². The van der Waals surface area contributed by atoms with E-state index in [0.717, 1.165) is 30.2 Å². The molecule has 1 aromatic heterocycles. The molecular weight excluding hydrogens is 365 g/mol. The highest BCUT2D eigenvalue weighted by molar-refractivity contribution is 5.40. The Morgan fingerprint density at radius 2 is 1.68 bits per heavy atom. The molecule has 0 spiro atoms. The number of hydrogen-bond acceptors (Lipinski definition) is 3. The van der Waals surface area contributed by atoms with Crippen molar-refractivity contribution in [2.45, 2.75) is 37.6 Å². The summed E-state index contributed by atoms with van der Waals surface area (Å²) in [4.78, 5) is 8.44. The van der Waals surface area contributed by atoms with Crippen LogP contribution in [0.2, 0.25) is 0 Å². The monoisotopic (exact) mass is 384 g/mol. The first-order valence-electron chi connectivity index (χ1n) is 9.15. The Morgan fingerprint density at radius 3 is 2.39 bits per heavy atom. The lowest BCUT2D eigenvalue weighted by atomic mass is 9.95. The fraction of sp³-hybridized carbons (Fsp3) is 0.273. The van der Waals surface area contributed by atoms with Crippen LogP contribution in [0.5, 0.6) is 0 Å².